The number of carbonyl (C=O) groups is 1. The summed E-state index contributed by atoms with van der Waals surface area (Å²) in [4.78, 5) is 12.3. The molecule has 0 aromatic heterocycles. The summed E-state index contributed by atoms with van der Waals surface area (Å²) in [5, 5.41) is 0. The third-order valence-electron chi connectivity index (χ3n) is 4.98. The minimum atomic E-state index is -0.333. The smallest absolute Gasteiger partial charge is 0.338 e. The summed E-state index contributed by atoms with van der Waals surface area (Å²) in [6.45, 7) is 6.75. The van der Waals surface area contributed by atoms with Gasteiger partial charge in [-0.2, -0.15) is 0 Å². The third-order valence-corrected chi connectivity index (χ3v) is 4.98. The van der Waals surface area contributed by atoms with Gasteiger partial charge >= 0.3 is 5.97 Å². The van der Waals surface area contributed by atoms with Gasteiger partial charge in [-0.3, -0.25) is 0 Å². The van der Waals surface area contributed by atoms with Gasteiger partial charge in [0.05, 0.1) is 5.56 Å². The van der Waals surface area contributed by atoms with E-state index in [0.29, 0.717) is 17.1 Å². The molecule has 6 heteroatoms. The van der Waals surface area contributed by atoms with Crippen molar-refractivity contribution in [2.24, 2.45) is 0 Å². The molecular formula is C29H36O6. The fourth-order valence-corrected chi connectivity index (χ4v) is 3.06. The second-order valence-corrected chi connectivity index (χ2v) is 8.23. The highest BCUT2D eigenvalue weighted by Gasteiger charge is 2.07. The van der Waals surface area contributed by atoms with Crippen LogP contribution in [0.3, 0.4) is 0 Å². The van der Waals surface area contributed by atoms with E-state index in [2.05, 4.69) is 26.8 Å². The average Bonchev–Trinajstić information content (AvgIpc) is 2.85. The van der Waals surface area contributed by atoms with Crippen LogP contribution in [0.1, 0.15) is 55.1 Å². The van der Waals surface area contributed by atoms with Crippen molar-refractivity contribution in [2.75, 3.05) is 34.4 Å². The predicted molar refractivity (Wildman–Crippen MR) is 140 cm³/mol. The lowest BCUT2D eigenvalue weighted by Crippen LogP contribution is -2.05. The molecule has 0 radical (unpaired) electrons. The van der Waals surface area contributed by atoms with Gasteiger partial charge in [0.2, 0.25) is 0 Å². The molecule has 2 aromatic rings. The molecule has 35 heavy (non-hydrogen) atoms. The van der Waals surface area contributed by atoms with Crippen molar-refractivity contribution in [1.29, 1.82) is 0 Å². The van der Waals surface area contributed by atoms with Crippen LogP contribution >= 0.6 is 0 Å². The predicted octanol–water partition coefficient (Wildman–Crippen LogP) is 6.67. The van der Waals surface area contributed by atoms with Crippen molar-refractivity contribution >= 4 is 18.1 Å². The highest BCUT2D eigenvalue weighted by atomic mass is 16.7. The average molecular weight is 481 g/mol. The fraction of sp³-hybridized carbons (Fsp3) is 0.345. The first-order valence-electron chi connectivity index (χ1n) is 11.5. The Labute approximate surface area is 208 Å². The molecule has 0 unspecified atom stereocenters. The van der Waals surface area contributed by atoms with E-state index < -0.39 is 0 Å². The molecule has 0 saturated heterocycles. The minimum absolute atomic E-state index is 0.110. The molecule has 2 rings (SSSR count). The molecule has 0 amide bonds. The summed E-state index contributed by atoms with van der Waals surface area (Å²) in [6, 6.07) is 12.9. The molecule has 188 valence electrons. The van der Waals surface area contributed by atoms with Crippen molar-refractivity contribution in [2.45, 2.75) is 33.6 Å². The van der Waals surface area contributed by atoms with Crippen molar-refractivity contribution in [1.82, 2.24) is 0 Å². The lowest BCUT2D eigenvalue weighted by atomic mass is 10.1. The Morgan fingerprint density at radius 2 is 1.43 bits per heavy atom. The second-order valence-electron chi connectivity index (χ2n) is 8.23. The first-order chi connectivity index (χ1) is 16.9. The number of allylic oxidation sites excluding steroid dienone is 3. The number of hydrogen-bond donors (Lipinski definition) is 0. The minimum Gasteiger partial charge on any atom is -0.464 e. The molecule has 0 spiro atoms. The van der Waals surface area contributed by atoms with E-state index in [-0.39, 0.29) is 26.2 Å². The summed E-state index contributed by atoms with van der Waals surface area (Å²) >= 11 is 0. The van der Waals surface area contributed by atoms with E-state index in [1.807, 2.05) is 48.6 Å². The zero-order valence-corrected chi connectivity index (χ0v) is 21.3. The number of benzene rings is 2. The van der Waals surface area contributed by atoms with Gasteiger partial charge in [0.15, 0.2) is 25.1 Å². The molecule has 0 saturated carbocycles. The standard InChI is InChI=1S/C29H36O6/c1-22(2)7-6-8-23(3)17-18-33-29(30)26-14-11-24(12-15-26)9-10-25-13-16-27(34-20-31-4)28(19-25)35-21-32-5/h7,9-17,19H,6,8,18,20-21H2,1-5H3/b10-9+,23-17+. The SMILES string of the molecule is COCOc1ccc(/C=C/c2ccc(C(=O)OC/C=C(\C)CCC=C(C)C)cc2)cc1OCOC. The quantitative estimate of drug-likeness (QED) is 0.130. The van der Waals surface area contributed by atoms with Gasteiger partial charge in [-0.15, -0.1) is 0 Å². The van der Waals surface area contributed by atoms with Crippen molar-refractivity contribution in [3.63, 3.8) is 0 Å². The highest BCUT2D eigenvalue weighted by Crippen LogP contribution is 2.29. The summed E-state index contributed by atoms with van der Waals surface area (Å²) in [5.74, 6) is 0.799. The Bertz CT molecular complexity index is 1010. The molecule has 0 aliphatic rings. The van der Waals surface area contributed by atoms with Crippen LogP contribution in [0, 0.1) is 0 Å². The second kappa shape index (κ2) is 15.5. The van der Waals surface area contributed by atoms with E-state index in [1.165, 1.54) is 11.1 Å². The molecule has 2 aromatic carbocycles. The van der Waals surface area contributed by atoms with Crippen molar-refractivity contribution in [3.8, 4) is 11.5 Å². The highest BCUT2D eigenvalue weighted by molar-refractivity contribution is 5.89. The zero-order chi connectivity index (χ0) is 25.5. The van der Waals surface area contributed by atoms with Gasteiger partial charge in [0, 0.05) is 14.2 Å². The Morgan fingerprint density at radius 1 is 0.800 bits per heavy atom. The Kier molecular flexibility index (Phi) is 12.4. The van der Waals surface area contributed by atoms with Gasteiger partial charge < -0.3 is 23.7 Å². The Morgan fingerprint density at radius 3 is 2.09 bits per heavy atom. The first kappa shape index (κ1) is 27.9. The van der Waals surface area contributed by atoms with Crippen LogP contribution in [-0.2, 0) is 14.2 Å². The lowest BCUT2D eigenvalue weighted by Gasteiger charge is -2.12. The molecule has 0 heterocycles. The van der Waals surface area contributed by atoms with Crippen LogP contribution in [0.15, 0.2) is 65.8 Å². The number of rotatable bonds is 14. The van der Waals surface area contributed by atoms with Gasteiger partial charge in [0.25, 0.3) is 0 Å². The van der Waals surface area contributed by atoms with Crippen molar-refractivity contribution < 1.29 is 28.5 Å². The van der Waals surface area contributed by atoms with Gasteiger partial charge in [-0.1, -0.05) is 47.6 Å². The van der Waals surface area contributed by atoms with Crippen LogP contribution in [0.2, 0.25) is 0 Å². The third kappa shape index (κ3) is 10.6. The molecule has 0 aliphatic heterocycles. The first-order valence-corrected chi connectivity index (χ1v) is 11.5. The number of esters is 1. The molecule has 6 nitrogen and oxygen atoms in total. The molecule has 0 fully saturated rings. The van der Waals surface area contributed by atoms with E-state index in [1.54, 1.807) is 26.4 Å². The number of carbonyl (C=O) groups excluding carboxylic acids is 1. The zero-order valence-electron chi connectivity index (χ0n) is 21.3. The molecule has 0 N–H and O–H groups in total. The van der Waals surface area contributed by atoms with Gasteiger partial charge in [-0.05, 0) is 75.1 Å². The van der Waals surface area contributed by atoms with E-state index in [4.69, 9.17) is 23.7 Å². The number of hydrogen-bond acceptors (Lipinski definition) is 6. The van der Waals surface area contributed by atoms with E-state index >= 15 is 0 Å². The Balaban J connectivity index is 1.94. The normalized spacial score (nSPS) is 11.4. The van der Waals surface area contributed by atoms with Crippen LogP contribution in [0.25, 0.3) is 12.2 Å². The lowest BCUT2D eigenvalue weighted by molar-refractivity contribution is 0.0322. The summed E-state index contributed by atoms with van der Waals surface area (Å²) in [5.41, 5.74) is 4.93. The van der Waals surface area contributed by atoms with E-state index in [0.717, 1.165) is 24.0 Å². The monoisotopic (exact) mass is 480 g/mol. The molecule has 0 bridgehead atoms. The summed E-state index contributed by atoms with van der Waals surface area (Å²) < 4.78 is 26.5. The Hall–Kier alpha value is -3.35. The molecule has 0 atom stereocenters. The maximum absolute atomic E-state index is 12.3. The van der Waals surface area contributed by atoms with Gasteiger partial charge in [-0.25, -0.2) is 4.79 Å². The van der Waals surface area contributed by atoms with Crippen LogP contribution in [-0.4, -0.2) is 40.4 Å². The van der Waals surface area contributed by atoms with Crippen molar-refractivity contribution in [3.05, 3.63) is 82.5 Å². The number of methoxy groups -OCH3 is 2. The summed E-state index contributed by atoms with van der Waals surface area (Å²) in [7, 11) is 3.12. The summed E-state index contributed by atoms with van der Waals surface area (Å²) in [6.07, 6.45) is 10.0. The van der Waals surface area contributed by atoms with Crippen LogP contribution < -0.4 is 9.47 Å². The number of ether oxygens (including phenoxy) is 5. The largest absolute Gasteiger partial charge is 0.464 e. The van der Waals surface area contributed by atoms with Gasteiger partial charge in [0.1, 0.15) is 6.61 Å². The topological polar surface area (TPSA) is 63.2 Å². The maximum Gasteiger partial charge on any atom is 0.338 e. The fourth-order valence-electron chi connectivity index (χ4n) is 3.06. The van der Waals surface area contributed by atoms with Crippen LogP contribution in [0.4, 0.5) is 0 Å². The van der Waals surface area contributed by atoms with Crippen LogP contribution in [0.5, 0.6) is 11.5 Å². The van der Waals surface area contributed by atoms with E-state index in [9.17, 15) is 4.79 Å². The molecule has 0 aliphatic carbocycles. The molecular weight excluding hydrogens is 444 g/mol. The maximum atomic E-state index is 12.3.